The lowest BCUT2D eigenvalue weighted by molar-refractivity contribution is -0.274. The van der Waals surface area contributed by atoms with Gasteiger partial charge >= 0.3 is 6.36 Å². The van der Waals surface area contributed by atoms with Crippen molar-refractivity contribution in [3.8, 4) is 5.75 Å². The quantitative estimate of drug-likeness (QED) is 0.502. The van der Waals surface area contributed by atoms with Crippen molar-refractivity contribution in [1.82, 2.24) is 20.4 Å². The van der Waals surface area contributed by atoms with Gasteiger partial charge in [0.1, 0.15) is 11.8 Å². The number of halogens is 3. The summed E-state index contributed by atoms with van der Waals surface area (Å²) < 4.78 is 42.7. The Morgan fingerprint density at radius 2 is 1.79 bits per heavy atom. The van der Waals surface area contributed by atoms with Crippen LogP contribution in [0.15, 0.2) is 24.3 Å². The molecular weight excluding hydrogens is 497 g/mol. The molecule has 4 atom stereocenters. The lowest BCUT2D eigenvalue weighted by Gasteiger charge is -2.41. The van der Waals surface area contributed by atoms with Crippen LogP contribution in [0.2, 0.25) is 0 Å². The van der Waals surface area contributed by atoms with Gasteiger partial charge in [0, 0.05) is 25.7 Å². The van der Waals surface area contributed by atoms with Gasteiger partial charge in [-0.3, -0.25) is 9.59 Å². The molecule has 2 aliphatic heterocycles. The molecule has 1 unspecified atom stereocenters. The number of carbonyl (C=O) groups excluding carboxylic acids is 2. The zero-order valence-electron chi connectivity index (χ0n) is 22.4. The lowest BCUT2D eigenvalue weighted by Crippen LogP contribution is -2.58. The third-order valence-corrected chi connectivity index (χ3v) is 8.64. The zero-order chi connectivity index (χ0) is 27.3. The first-order chi connectivity index (χ1) is 18.2. The van der Waals surface area contributed by atoms with E-state index in [2.05, 4.69) is 20.3 Å². The molecule has 0 radical (unpaired) electrons. The second-order valence-corrected chi connectivity index (χ2v) is 11.0. The summed E-state index contributed by atoms with van der Waals surface area (Å²) in [7, 11) is 1.73. The Kier molecular flexibility index (Phi) is 9.57. The van der Waals surface area contributed by atoms with E-state index in [0.29, 0.717) is 37.5 Å². The van der Waals surface area contributed by atoms with Gasteiger partial charge in [-0.2, -0.15) is 0 Å². The second kappa shape index (κ2) is 12.7. The number of rotatable bonds is 9. The number of likely N-dealkylation sites (tertiary alicyclic amines) is 2. The molecule has 4 rings (SSSR count). The van der Waals surface area contributed by atoms with E-state index in [1.165, 1.54) is 18.6 Å². The normalized spacial score (nSPS) is 24.5. The first-order valence-corrected chi connectivity index (χ1v) is 14.0. The average Bonchev–Trinajstić information content (AvgIpc) is 3.33. The summed E-state index contributed by atoms with van der Waals surface area (Å²) in [5.41, 5.74) is 0.519. The van der Waals surface area contributed by atoms with Gasteiger partial charge < -0.3 is 25.2 Å². The standard InChI is InChI=1S/C28H41F3N4O3/c1-19(32-2)26(36)33-25(22-9-4-3-5-10-22)27(37)35-17-14-20-12-15-34(18-23(20)35)16-13-21-8-6-7-11-24(21)38-28(29,30)31/h6-8,11,19-20,22-23,25,32H,3-5,9-10,12-18H2,1-2H3,(H,33,36)/t19?,20-,23-,25+/m1/s1. The van der Waals surface area contributed by atoms with Gasteiger partial charge in [0.05, 0.1) is 6.04 Å². The molecule has 2 saturated heterocycles. The maximum Gasteiger partial charge on any atom is 0.573 e. The van der Waals surface area contributed by atoms with E-state index in [-0.39, 0.29) is 35.6 Å². The summed E-state index contributed by atoms with van der Waals surface area (Å²) in [5.74, 6) is 0.265. The monoisotopic (exact) mass is 538 g/mol. The Balaban J connectivity index is 1.42. The molecule has 212 valence electrons. The molecule has 0 spiro atoms. The van der Waals surface area contributed by atoms with E-state index < -0.39 is 12.4 Å². The number of hydrogen-bond donors (Lipinski definition) is 2. The van der Waals surface area contributed by atoms with Crippen molar-refractivity contribution in [1.29, 1.82) is 0 Å². The summed E-state index contributed by atoms with van der Waals surface area (Å²) in [6.07, 6.45) is 2.80. The molecule has 2 heterocycles. The maximum atomic E-state index is 14.0. The Morgan fingerprint density at radius 3 is 2.50 bits per heavy atom. The molecule has 3 fully saturated rings. The molecule has 7 nitrogen and oxygen atoms in total. The van der Waals surface area contributed by atoms with Crippen molar-refractivity contribution in [2.24, 2.45) is 11.8 Å². The van der Waals surface area contributed by atoms with E-state index >= 15 is 0 Å². The smallest absolute Gasteiger partial charge is 0.406 e. The van der Waals surface area contributed by atoms with Gasteiger partial charge in [0.2, 0.25) is 11.8 Å². The Bertz CT molecular complexity index is 954. The number of piperidine rings is 1. The molecule has 1 aromatic rings. The molecule has 3 aliphatic rings. The Hall–Kier alpha value is -2.33. The van der Waals surface area contributed by atoms with Crippen LogP contribution in [0.3, 0.4) is 0 Å². The van der Waals surface area contributed by atoms with E-state index in [4.69, 9.17) is 0 Å². The van der Waals surface area contributed by atoms with Gasteiger partial charge in [-0.15, -0.1) is 13.2 Å². The Labute approximate surface area is 223 Å². The molecule has 1 saturated carbocycles. The third-order valence-electron chi connectivity index (χ3n) is 8.64. The number of carbonyl (C=O) groups is 2. The van der Waals surface area contributed by atoms with Crippen molar-refractivity contribution >= 4 is 11.8 Å². The van der Waals surface area contributed by atoms with Crippen LogP contribution >= 0.6 is 0 Å². The van der Waals surface area contributed by atoms with Crippen LogP contribution in [-0.4, -0.2) is 79.3 Å². The van der Waals surface area contributed by atoms with E-state index in [1.807, 2.05) is 4.90 Å². The van der Waals surface area contributed by atoms with Gasteiger partial charge in [0.25, 0.3) is 0 Å². The molecule has 1 aromatic carbocycles. The number of alkyl halides is 3. The highest BCUT2D eigenvalue weighted by Crippen LogP contribution is 2.35. The maximum absolute atomic E-state index is 14.0. The largest absolute Gasteiger partial charge is 0.573 e. The number of fused-ring (bicyclic) bond motifs is 1. The minimum atomic E-state index is -4.73. The van der Waals surface area contributed by atoms with E-state index in [1.54, 1.807) is 26.1 Å². The van der Waals surface area contributed by atoms with Gasteiger partial charge in [-0.05, 0) is 76.1 Å². The predicted octanol–water partition coefficient (Wildman–Crippen LogP) is 3.72. The van der Waals surface area contributed by atoms with E-state index in [0.717, 1.165) is 45.1 Å². The molecular formula is C28H41F3N4O3. The summed E-state index contributed by atoms with van der Waals surface area (Å²) in [6, 6.07) is 5.44. The van der Waals surface area contributed by atoms with Crippen molar-refractivity contribution in [2.75, 3.05) is 33.2 Å². The molecule has 10 heteroatoms. The molecule has 2 N–H and O–H groups in total. The topological polar surface area (TPSA) is 73.9 Å². The fourth-order valence-electron chi connectivity index (χ4n) is 6.33. The van der Waals surface area contributed by atoms with Crippen LogP contribution in [0.1, 0.15) is 57.4 Å². The highest BCUT2D eigenvalue weighted by molar-refractivity contribution is 5.90. The zero-order valence-corrected chi connectivity index (χ0v) is 22.4. The van der Waals surface area contributed by atoms with Crippen molar-refractivity contribution in [3.05, 3.63) is 29.8 Å². The highest BCUT2D eigenvalue weighted by atomic mass is 19.4. The van der Waals surface area contributed by atoms with Crippen molar-refractivity contribution in [2.45, 2.75) is 82.8 Å². The van der Waals surface area contributed by atoms with Crippen LogP contribution in [-0.2, 0) is 16.0 Å². The van der Waals surface area contributed by atoms with Crippen LogP contribution in [0, 0.1) is 11.8 Å². The van der Waals surface area contributed by atoms with Crippen molar-refractivity contribution in [3.63, 3.8) is 0 Å². The Morgan fingerprint density at radius 1 is 1.08 bits per heavy atom. The average molecular weight is 539 g/mol. The van der Waals surface area contributed by atoms with Gasteiger partial charge in [0.15, 0.2) is 0 Å². The minimum Gasteiger partial charge on any atom is -0.406 e. The first kappa shape index (κ1) is 28.7. The lowest BCUT2D eigenvalue weighted by atomic mass is 9.83. The predicted molar refractivity (Wildman–Crippen MR) is 139 cm³/mol. The third kappa shape index (κ3) is 7.20. The highest BCUT2D eigenvalue weighted by Gasteiger charge is 2.44. The fourth-order valence-corrected chi connectivity index (χ4v) is 6.33. The van der Waals surface area contributed by atoms with Crippen LogP contribution in [0.4, 0.5) is 13.2 Å². The summed E-state index contributed by atoms with van der Waals surface area (Å²) >= 11 is 0. The van der Waals surface area contributed by atoms with Gasteiger partial charge in [-0.1, -0.05) is 37.5 Å². The van der Waals surface area contributed by atoms with Gasteiger partial charge in [-0.25, -0.2) is 0 Å². The number of para-hydroxylation sites is 1. The second-order valence-electron chi connectivity index (χ2n) is 11.0. The number of amides is 2. The fraction of sp³-hybridized carbons (Fsp3) is 0.714. The summed E-state index contributed by atoms with van der Waals surface area (Å²) in [5, 5.41) is 6.04. The molecule has 38 heavy (non-hydrogen) atoms. The summed E-state index contributed by atoms with van der Waals surface area (Å²) in [4.78, 5) is 31.0. The number of likely N-dealkylation sites (N-methyl/N-ethyl adjacent to an activating group) is 1. The first-order valence-electron chi connectivity index (χ1n) is 14.0. The van der Waals surface area contributed by atoms with Crippen LogP contribution in [0.25, 0.3) is 0 Å². The number of ether oxygens (including phenoxy) is 1. The number of benzene rings is 1. The molecule has 2 amide bonds. The van der Waals surface area contributed by atoms with Crippen molar-refractivity contribution < 1.29 is 27.5 Å². The van der Waals surface area contributed by atoms with E-state index in [9.17, 15) is 22.8 Å². The van der Waals surface area contributed by atoms with Crippen LogP contribution < -0.4 is 15.4 Å². The van der Waals surface area contributed by atoms with Crippen LogP contribution in [0.5, 0.6) is 5.75 Å². The SMILES string of the molecule is CNC(C)C(=O)N[C@H](C(=O)N1CC[C@H]2CCN(CCc3ccccc3OC(F)(F)F)C[C@H]21)C1CCCCC1. The summed E-state index contributed by atoms with van der Waals surface area (Å²) in [6.45, 7) is 4.61. The number of nitrogens with zero attached hydrogens (tertiary/aromatic N) is 2. The number of hydrogen-bond acceptors (Lipinski definition) is 5. The molecule has 0 bridgehead atoms. The minimum absolute atomic E-state index is 0.0202. The number of nitrogens with one attached hydrogen (secondary N) is 2. The molecule has 1 aliphatic carbocycles. The molecule has 0 aromatic heterocycles.